The van der Waals surface area contributed by atoms with E-state index in [1.165, 1.54) is 23.2 Å². The minimum absolute atomic E-state index is 0.156. The Morgan fingerprint density at radius 2 is 2.09 bits per heavy atom. The first-order valence-corrected chi connectivity index (χ1v) is 6.73. The molecular weight excluding hydrogens is 291 g/mol. The van der Waals surface area contributed by atoms with Crippen molar-refractivity contribution in [1.82, 2.24) is 20.3 Å². The zero-order valence-corrected chi connectivity index (χ0v) is 12.2. The summed E-state index contributed by atoms with van der Waals surface area (Å²) in [5.74, 6) is -0.570. The highest BCUT2D eigenvalue weighted by Gasteiger charge is 2.18. The zero-order chi connectivity index (χ0) is 15.8. The Morgan fingerprint density at radius 1 is 1.32 bits per heavy atom. The second-order valence-electron chi connectivity index (χ2n) is 4.42. The highest BCUT2D eigenvalue weighted by Crippen LogP contribution is 2.15. The molecule has 1 N–H and O–H groups in total. The van der Waals surface area contributed by atoms with E-state index in [-0.39, 0.29) is 30.5 Å². The Kier molecular flexibility index (Phi) is 5.84. The van der Waals surface area contributed by atoms with Gasteiger partial charge in [0.2, 0.25) is 0 Å². The molecule has 0 atom stereocenters. The summed E-state index contributed by atoms with van der Waals surface area (Å²) < 4.78 is 23.8. The highest BCUT2D eigenvalue weighted by molar-refractivity contribution is 5.91. The lowest BCUT2D eigenvalue weighted by molar-refractivity contribution is 0.0659. The van der Waals surface area contributed by atoms with E-state index < -0.39 is 5.82 Å². The minimum atomic E-state index is -0.436. The highest BCUT2D eigenvalue weighted by atomic mass is 19.1. The van der Waals surface area contributed by atoms with Crippen LogP contribution in [0.25, 0.3) is 0 Å². The maximum atomic E-state index is 13.5. The Hall–Kier alpha value is -2.48. The maximum absolute atomic E-state index is 13.5. The van der Waals surface area contributed by atoms with E-state index >= 15 is 0 Å². The molecule has 2 aromatic rings. The molecule has 0 radical (unpaired) electrons. The van der Waals surface area contributed by atoms with Crippen LogP contribution in [-0.4, -0.2) is 59.6 Å². The van der Waals surface area contributed by atoms with Crippen LogP contribution in [0, 0.1) is 5.82 Å². The molecule has 0 aliphatic heterocycles. The van der Waals surface area contributed by atoms with E-state index in [9.17, 15) is 9.18 Å². The van der Waals surface area contributed by atoms with Gasteiger partial charge < -0.3 is 14.4 Å². The molecule has 118 valence electrons. The standard InChI is InChI=1S/C14H17FN4O3/c1-21-8-6-19(14(20)12-10-16-18-17-12)7-9-22-13-5-3-2-4-11(13)15/h2-5,10H,6-9H2,1H3,(H,16,17,18). The van der Waals surface area contributed by atoms with Gasteiger partial charge in [0.25, 0.3) is 5.91 Å². The molecule has 0 bridgehead atoms. The normalized spacial score (nSPS) is 10.5. The molecule has 1 aromatic carbocycles. The van der Waals surface area contributed by atoms with Gasteiger partial charge in [-0.1, -0.05) is 12.1 Å². The second-order valence-corrected chi connectivity index (χ2v) is 4.42. The van der Waals surface area contributed by atoms with Crippen LogP contribution in [0.15, 0.2) is 30.5 Å². The number of hydrogen-bond donors (Lipinski definition) is 1. The molecule has 2 rings (SSSR count). The van der Waals surface area contributed by atoms with Crippen molar-refractivity contribution in [2.75, 3.05) is 33.4 Å². The van der Waals surface area contributed by atoms with Crippen molar-refractivity contribution >= 4 is 5.91 Å². The monoisotopic (exact) mass is 308 g/mol. The fraction of sp³-hybridized carbons (Fsp3) is 0.357. The number of carbonyl (C=O) groups is 1. The smallest absolute Gasteiger partial charge is 0.276 e. The van der Waals surface area contributed by atoms with Gasteiger partial charge >= 0.3 is 0 Å². The summed E-state index contributed by atoms with van der Waals surface area (Å²) in [5.41, 5.74) is 0.210. The van der Waals surface area contributed by atoms with Crippen LogP contribution in [0.3, 0.4) is 0 Å². The average molecular weight is 308 g/mol. The number of methoxy groups -OCH3 is 1. The minimum Gasteiger partial charge on any atom is -0.489 e. The summed E-state index contributed by atoms with van der Waals surface area (Å²) in [6.07, 6.45) is 1.35. The van der Waals surface area contributed by atoms with Crippen molar-refractivity contribution in [2.24, 2.45) is 0 Å². The van der Waals surface area contributed by atoms with Gasteiger partial charge in [-0.15, -0.1) is 0 Å². The molecule has 0 saturated heterocycles. The fourth-order valence-corrected chi connectivity index (χ4v) is 1.81. The second kappa shape index (κ2) is 8.08. The summed E-state index contributed by atoms with van der Waals surface area (Å²) in [6, 6.07) is 6.12. The molecule has 22 heavy (non-hydrogen) atoms. The third-order valence-corrected chi connectivity index (χ3v) is 2.94. The first-order chi connectivity index (χ1) is 10.7. The van der Waals surface area contributed by atoms with Gasteiger partial charge in [-0.05, 0) is 12.1 Å². The van der Waals surface area contributed by atoms with E-state index in [0.717, 1.165) is 0 Å². The molecule has 0 spiro atoms. The maximum Gasteiger partial charge on any atom is 0.276 e. The van der Waals surface area contributed by atoms with Crippen LogP contribution in [0.1, 0.15) is 10.5 Å². The summed E-state index contributed by atoms with van der Waals surface area (Å²) in [5, 5.41) is 9.76. The van der Waals surface area contributed by atoms with Crippen LogP contribution in [0.2, 0.25) is 0 Å². The number of nitrogens with zero attached hydrogens (tertiary/aromatic N) is 3. The molecule has 1 heterocycles. The van der Waals surface area contributed by atoms with E-state index in [4.69, 9.17) is 9.47 Å². The number of para-hydroxylation sites is 1. The molecule has 7 nitrogen and oxygen atoms in total. The topological polar surface area (TPSA) is 80.3 Å². The number of H-pyrrole nitrogens is 1. The summed E-state index contributed by atoms with van der Waals surface area (Å²) in [7, 11) is 1.55. The van der Waals surface area contributed by atoms with Gasteiger partial charge in [0.05, 0.1) is 19.3 Å². The number of rotatable bonds is 8. The van der Waals surface area contributed by atoms with Crippen molar-refractivity contribution in [2.45, 2.75) is 0 Å². The number of aromatic nitrogens is 3. The number of nitrogens with one attached hydrogen (secondary N) is 1. The van der Waals surface area contributed by atoms with Crippen molar-refractivity contribution in [3.05, 3.63) is 42.0 Å². The number of halogens is 1. The number of benzene rings is 1. The van der Waals surface area contributed by atoms with Crippen LogP contribution in [-0.2, 0) is 4.74 Å². The molecule has 0 aliphatic carbocycles. The first-order valence-electron chi connectivity index (χ1n) is 6.73. The molecular formula is C14H17FN4O3. The quantitative estimate of drug-likeness (QED) is 0.790. The Labute approximate surface area is 127 Å². The fourth-order valence-electron chi connectivity index (χ4n) is 1.81. The number of hydrogen-bond acceptors (Lipinski definition) is 5. The zero-order valence-electron chi connectivity index (χ0n) is 12.2. The van der Waals surface area contributed by atoms with Crippen molar-refractivity contribution in [3.8, 4) is 5.75 Å². The summed E-state index contributed by atoms with van der Waals surface area (Å²) >= 11 is 0. The molecule has 1 amide bonds. The van der Waals surface area contributed by atoms with Crippen LogP contribution in [0.5, 0.6) is 5.75 Å². The Morgan fingerprint density at radius 3 is 2.77 bits per heavy atom. The summed E-state index contributed by atoms with van der Waals surface area (Å²) in [4.78, 5) is 13.8. The Bertz CT molecular complexity index is 592. The third kappa shape index (κ3) is 4.26. The van der Waals surface area contributed by atoms with Gasteiger partial charge in [0.15, 0.2) is 17.3 Å². The molecule has 0 fully saturated rings. The van der Waals surface area contributed by atoms with Crippen LogP contribution < -0.4 is 4.74 Å². The van der Waals surface area contributed by atoms with E-state index in [1.54, 1.807) is 19.2 Å². The van der Waals surface area contributed by atoms with E-state index in [1.807, 2.05) is 0 Å². The third-order valence-electron chi connectivity index (χ3n) is 2.94. The van der Waals surface area contributed by atoms with E-state index in [0.29, 0.717) is 13.2 Å². The molecule has 1 aromatic heterocycles. The predicted molar refractivity (Wildman–Crippen MR) is 76.1 cm³/mol. The SMILES string of the molecule is COCCN(CCOc1ccccc1F)C(=O)c1cn[nH]n1. The predicted octanol–water partition coefficient (Wildman–Crippen LogP) is 1.11. The molecule has 0 saturated carbocycles. The summed E-state index contributed by atoms with van der Waals surface area (Å²) in [6.45, 7) is 1.20. The number of carbonyl (C=O) groups excluding carboxylic acids is 1. The van der Waals surface area contributed by atoms with Crippen molar-refractivity contribution in [3.63, 3.8) is 0 Å². The van der Waals surface area contributed by atoms with Crippen LogP contribution >= 0.6 is 0 Å². The van der Waals surface area contributed by atoms with Gasteiger partial charge in [-0.2, -0.15) is 15.4 Å². The van der Waals surface area contributed by atoms with Crippen molar-refractivity contribution < 1.29 is 18.7 Å². The Balaban J connectivity index is 1.92. The lowest BCUT2D eigenvalue weighted by Crippen LogP contribution is -2.37. The lowest BCUT2D eigenvalue weighted by atomic mass is 10.3. The molecule has 0 unspecified atom stereocenters. The van der Waals surface area contributed by atoms with Gasteiger partial charge in [0, 0.05) is 13.7 Å². The largest absolute Gasteiger partial charge is 0.489 e. The molecule has 8 heteroatoms. The van der Waals surface area contributed by atoms with Crippen molar-refractivity contribution in [1.29, 1.82) is 0 Å². The van der Waals surface area contributed by atoms with Gasteiger partial charge in [-0.25, -0.2) is 4.39 Å². The lowest BCUT2D eigenvalue weighted by Gasteiger charge is -2.21. The van der Waals surface area contributed by atoms with Crippen LogP contribution in [0.4, 0.5) is 4.39 Å². The average Bonchev–Trinajstić information content (AvgIpc) is 3.06. The number of amides is 1. The van der Waals surface area contributed by atoms with Gasteiger partial charge in [-0.3, -0.25) is 4.79 Å². The molecule has 0 aliphatic rings. The first kappa shape index (κ1) is 15.9. The van der Waals surface area contributed by atoms with E-state index in [2.05, 4.69) is 15.4 Å². The number of aromatic amines is 1. The van der Waals surface area contributed by atoms with Gasteiger partial charge in [0.1, 0.15) is 6.61 Å². The number of ether oxygens (including phenoxy) is 2.